The highest BCUT2D eigenvalue weighted by Gasteiger charge is 2.31. The number of allylic oxidation sites excluding steroid dienone is 16. The zero-order valence-electron chi connectivity index (χ0n) is 30.1. The first-order valence-corrected chi connectivity index (χ1v) is 17.3. The number of unbranched alkanes of at least 4 members (excludes halogenated alkanes) is 2. The molecule has 8 heteroatoms. The van der Waals surface area contributed by atoms with Gasteiger partial charge in [-0.1, -0.05) is 111 Å². The molecule has 0 fully saturated rings. The molecule has 268 valence electrons. The Bertz CT molecular complexity index is 1100. The first-order valence-electron chi connectivity index (χ1n) is 17.3. The largest absolute Gasteiger partial charge is 0.477 e. The molecule has 0 rings (SSSR count). The molecule has 0 aliphatic heterocycles. The molecule has 0 bridgehead atoms. The Morgan fingerprint density at radius 3 is 1.75 bits per heavy atom. The third-order valence-electron chi connectivity index (χ3n) is 6.86. The lowest BCUT2D eigenvalue weighted by atomic mass is 10.1. The van der Waals surface area contributed by atoms with Crippen LogP contribution in [-0.4, -0.2) is 80.6 Å². The van der Waals surface area contributed by atoms with Crippen molar-refractivity contribution in [1.82, 2.24) is 0 Å². The monoisotopic (exact) mass is 668 g/mol. The number of carbonyl (C=O) groups excluding carboxylic acids is 2. The number of nitrogens with zero attached hydrogens (tertiary/aromatic N) is 1. The summed E-state index contributed by atoms with van der Waals surface area (Å²) >= 11 is 0. The van der Waals surface area contributed by atoms with E-state index in [0.29, 0.717) is 19.3 Å². The SMILES string of the molecule is CC/C=C/C=C/C=C/C=C/C=C/CCCC(=O)OCC(COCCC(C(=O)O)[N+](C)(C)C)OC(=O)CCC/C=C/C/C=C/C/C=C/CC. The van der Waals surface area contributed by atoms with Crippen molar-refractivity contribution in [1.29, 1.82) is 0 Å². The van der Waals surface area contributed by atoms with Crippen LogP contribution in [0.5, 0.6) is 0 Å². The van der Waals surface area contributed by atoms with Crippen molar-refractivity contribution < 1.29 is 38.2 Å². The fourth-order valence-corrected chi connectivity index (χ4v) is 4.20. The minimum Gasteiger partial charge on any atom is -0.477 e. The molecular formula is C40H62NO7+. The van der Waals surface area contributed by atoms with E-state index < -0.39 is 18.1 Å². The molecule has 0 saturated carbocycles. The van der Waals surface area contributed by atoms with Crippen LogP contribution in [0.3, 0.4) is 0 Å². The minimum atomic E-state index is -0.900. The summed E-state index contributed by atoms with van der Waals surface area (Å²) in [4.78, 5) is 36.6. The van der Waals surface area contributed by atoms with Crippen molar-refractivity contribution in [3.05, 3.63) is 97.2 Å². The normalized spacial score (nSPS) is 14.3. The van der Waals surface area contributed by atoms with Gasteiger partial charge in [0, 0.05) is 19.3 Å². The number of carbonyl (C=O) groups is 3. The van der Waals surface area contributed by atoms with Gasteiger partial charge in [-0.2, -0.15) is 0 Å². The molecule has 1 N–H and O–H groups in total. The number of quaternary nitrogens is 1. The summed E-state index contributed by atoms with van der Waals surface area (Å²) in [6.07, 6.45) is 39.1. The molecule has 2 atom stereocenters. The smallest absolute Gasteiger partial charge is 0.362 e. The number of carboxylic acid groups (broad SMARTS) is 1. The van der Waals surface area contributed by atoms with Crippen LogP contribution >= 0.6 is 0 Å². The third-order valence-corrected chi connectivity index (χ3v) is 6.86. The molecule has 0 aliphatic rings. The molecule has 0 amide bonds. The summed E-state index contributed by atoms with van der Waals surface area (Å²) < 4.78 is 17.0. The van der Waals surface area contributed by atoms with E-state index in [2.05, 4.69) is 56.4 Å². The lowest BCUT2D eigenvalue weighted by molar-refractivity contribution is -0.887. The lowest BCUT2D eigenvalue weighted by Gasteiger charge is -2.31. The quantitative estimate of drug-likeness (QED) is 0.0294. The summed E-state index contributed by atoms with van der Waals surface area (Å²) in [5.74, 6) is -1.66. The molecule has 0 aromatic carbocycles. The number of hydrogen-bond donors (Lipinski definition) is 1. The van der Waals surface area contributed by atoms with Gasteiger partial charge in [-0.3, -0.25) is 9.59 Å². The second kappa shape index (κ2) is 30.6. The molecule has 0 saturated heterocycles. The number of hydrogen-bond acceptors (Lipinski definition) is 6. The van der Waals surface area contributed by atoms with Gasteiger partial charge >= 0.3 is 17.9 Å². The predicted molar refractivity (Wildman–Crippen MR) is 196 cm³/mol. The van der Waals surface area contributed by atoms with E-state index in [1.807, 2.05) is 75.8 Å². The maximum absolute atomic E-state index is 12.6. The second-order valence-electron chi connectivity index (χ2n) is 12.1. The number of ether oxygens (including phenoxy) is 3. The number of rotatable bonds is 28. The van der Waals surface area contributed by atoms with Gasteiger partial charge < -0.3 is 23.8 Å². The molecule has 0 aromatic heterocycles. The number of aliphatic carboxylic acids is 1. The van der Waals surface area contributed by atoms with Crippen LogP contribution in [0.1, 0.15) is 84.5 Å². The fourth-order valence-electron chi connectivity index (χ4n) is 4.20. The van der Waals surface area contributed by atoms with E-state index in [1.54, 1.807) is 0 Å². The van der Waals surface area contributed by atoms with Gasteiger partial charge in [0.05, 0.1) is 34.4 Å². The van der Waals surface area contributed by atoms with Crippen molar-refractivity contribution in [2.75, 3.05) is 41.0 Å². The van der Waals surface area contributed by atoms with Crippen molar-refractivity contribution in [2.45, 2.75) is 96.6 Å². The highest BCUT2D eigenvalue weighted by atomic mass is 16.6. The first-order chi connectivity index (χ1) is 23.1. The molecule has 0 aliphatic carbocycles. The summed E-state index contributed by atoms with van der Waals surface area (Å²) in [5.41, 5.74) is 0. The van der Waals surface area contributed by atoms with Gasteiger partial charge in [-0.05, 0) is 51.4 Å². The molecule has 0 spiro atoms. The van der Waals surface area contributed by atoms with Gasteiger partial charge in [0.25, 0.3) is 0 Å². The summed E-state index contributed by atoms with van der Waals surface area (Å²) in [6, 6.07) is -0.638. The highest BCUT2D eigenvalue weighted by Crippen LogP contribution is 2.10. The maximum Gasteiger partial charge on any atom is 0.362 e. The molecular weight excluding hydrogens is 606 g/mol. The van der Waals surface area contributed by atoms with E-state index in [0.717, 1.165) is 38.5 Å². The van der Waals surface area contributed by atoms with Crippen molar-refractivity contribution in [3.63, 3.8) is 0 Å². The first kappa shape index (κ1) is 44.2. The summed E-state index contributed by atoms with van der Waals surface area (Å²) in [7, 11) is 5.45. The molecule has 8 nitrogen and oxygen atoms in total. The van der Waals surface area contributed by atoms with Gasteiger partial charge in [-0.15, -0.1) is 0 Å². The Balaban J connectivity index is 4.71. The van der Waals surface area contributed by atoms with Crippen LogP contribution in [0.25, 0.3) is 0 Å². The van der Waals surface area contributed by atoms with Crippen LogP contribution in [0.4, 0.5) is 0 Å². The standard InChI is InChI=1S/C40H61NO7/c1-6-8-10-12-14-16-18-19-21-22-24-26-28-30-38(42)47-35-36(34-46-33-32-37(40(44)45)41(3,4)5)48-39(43)31-29-27-25-23-20-17-15-13-11-9-7-2/h8-12,14-19,21-25,36-37H,6-7,13,20,26-35H2,1-5H3/p+1/b10-8+,11-9+,14-12+,17-15+,18-16+,21-19+,24-22+,25-23+. The van der Waals surface area contributed by atoms with Crippen LogP contribution < -0.4 is 0 Å². The van der Waals surface area contributed by atoms with Crippen molar-refractivity contribution >= 4 is 17.9 Å². The molecule has 0 aromatic rings. The highest BCUT2D eigenvalue weighted by molar-refractivity contribution is 5.72. The van der Waals surface area contributed by atoms with Crippen LogP contribution in [0.15, 0.2) is 97.2 Å². The van der Waals surface area contributed by atoms with Crippen molar-refractivity contribution in [3.8, 4) is 0 Å². The second-order valence-corrected chi connectivity index (χ2v) is 12.1. The Labute approximate surface area is 290 Å². The lowest BCUT2D eigenvalue weighted by Crippen LogP contribution is -2.50. The zero-order valence-corrected chi connectivity index (χ0v) is 30.1. The number of esters is 2. The van der Waals surface area contributed by atoms with Gasteiger partial charge in [-0.25, -0.2) is 4.79 Å². The van der Waals surface area contributed by atoms with E-state index in [4.69, 9.17) is 14.2 Å². The molecule has 0 radical (unpaired) electrons. The predicted octanol–water partition coefficient (Wildman–Crippen LogP) is 8.40. The van der Waals surface area contributed by atoms with Gasteiger partial charge in [0.15, 0.2) is 12.1 Å². The minimum absolute atomic E-state index is 0.0108. The summed E-state index contributed by atoms with van der Waals surface area (Å²) in [6.45, 7) is 4.28. The van der Waals surface area contributed by atoms with E-state index in [1.165, 1.54) is 0 Å². The molecule has 2 unspecified atom stereocenters. The molecule has 0 heterocycles. The Kier molecular flexibility index (Phi) is 28.2. The van der Waals surface area contributed by atoms with E-state index in [-0.39, 0.29) is 49.1 Å². The average molecular weight is 669 g/mol. The third kappa shape index (κ3) is 28.5. The van der Waals surface area contributed by atoms with Crippen LogP contribution in [0.2, 0.25) is 0 Å². The summed E-state index contributed by atoms with van der Waals surface area (Å²) in [5, 5.41) is 9.55. The van der Waals surface area contributed by atoms with E-state index >= 15 is 0 Å². The van der Waals surface area contributed by atoms with Crippen LogP contribution in [-0.2, 0) is 28.6 Å². The Hall–Kier alpha value is -3.75. The Morgan fingerprint density at radius 2 is 1.17 bits per heavy atom. The fraction of sp³-hybridized carbons (Fsp3) is 0.525. The number of carboxylic acids is 1. The number of likely N-dealkylation sites (N-methyl/N-ethyl adjacent to an activating group) is 1. The average Bonchev–Trinajstić information content (AvgIpc) is 3.03. The van der Waals surface area contributed by atoms with Crippen LogP contribution in [0, 0.1) is 0 Å². The van der Waals surface area contributed by atoms with Crippen molar-refractivity contribution in [2.24, 2.45) is 0 Å². The maximum atomic E-state index is 12.6. The van der Waals surface area contributed by atoms with Gasteiger partial charge in [0.2, 0.25) is 0 Å². The molecule has 48 heavy (non-hydrogen) atoms. The van der Waals surface area contributed by atoms with Gasteiger partial charge in [0.1, 0.15) is 6.61 Å². The topological polar surface area (TPSA) is 99.1 Å². The zero-order chi connectivity index (χ0) is 35.7. The van der Waals surface area contributed by atoms with E-state index in [9.17, 15) is 19.5 Å². The Morgan fingerprint density at radius 1 is 0.646 bits per heavy atom.